The number of aromatic nitrogens is 1. The second kappa shape index (κ2) is 7.04. The Morgan fingerprint density at radius 2 is 2.19 bits per heavy atom. The van der Waals surface area contributed by atoms with E-state index >= 15 is 0 Å². The van der Waals surface area contributed by atoms with Crippen LogP contribution in [0.4, 0.5) is 5.82 Å². The minimum atomic E-state index is -3.17. The highest BCUT2D eigenvalue weighted by molar-refractivity contribution is 7.89. The van der Waals surface area contributed by atoms with Gasteiger partial charge in [0, 0.05) is 25.1 Å². The molecule has 118 valence electrons. The highest BCUT2D eigenvalue weighted by Gasteiger charge is 2.30. The van der Waals surface area contributed by atoms with Gasteiger partial charge >= 0.3 is 0 Å². The lowest BCUT2D eigenvalue weighted by molar-refractivity contribution is -0.120. The Kier molecular flexibility index (Phi) is 5.35. The molecular weight excluding hydrogens is 294 g/mol. The molecule has 0 atom stereocenters. The van der Waals surface area contributed by atoms with Gasteiger partial charge in [-0.1, -0.05) is 18.5 Å². The van der Waals surface area contributed by atoms with E-state index in [1.807, 2.05) is 6.92 Å². The van der Waals surface area contributed by atoms with Crippen LogP contribution < -0.4 is 5.32 Å². The number of piperidine rings is 1. The number of amides is 1. The molecule has 1 aromatic rings. The SMILES string of the molecule is CCCCS(=O)(=O)N1CCC(C(=O)Nc2ccon2)CC1. The maximum Gasteiger partial charge on any atom is 0.228 e. The summed E-state index contributed by atoms with van der Waals surface area (Å²) in [5.74, 6) is 0.270. The van der Waals surface area contributed by atoms with Crippen LogP contribution in [0, 0.1) is 5.92 Å². The minimum Gasteiger partial charge on any atom is -0.363 e. The van der Waals surface area contributed by atoms with E-state index < -0.39 is 10.0 Å². The summed E-state index contributed by atoms with van der Waals surface area (Å²) in [7, 11) is -3.17. The Morgan fingerprint density at radius 1 is 1.48 bits per heavy atom. The topological polar surface area (TPSA) is 92.5 Å². The number of hydrogen-bond acceptors (Lipinski definition) is 5. The van der Waals surface area contributed by atoms with Crippen LogP contribution in [0.3, 0.4) is 0 Å². The fraction of sp³-hybridized carbons (Fsp3) is 0.692. The molecule has 1 aliphatic heterocycles. The fourth-order valence-corrected chi connectivity index (χ4v) is 4.04. The van der Waals surface area contributed by atoms with Crippen molar-refractivity contribution in [3.63, 3.8) is 0 Å². The van der Waals surface area contributed by atoms with Gasteiger partial charge in [0.1, 0.15) is 6.26 Å². The van der Waals surface area contributed by atoms with Gasteiger partial charge in [-0.05, 0) is 19.3 Å². The molecule has 1 saturated heterocycles. The first-order chi connectivity index (χ1) is 10.0. The van der Waals surface area contributed by atoms with Crippen LogP contribution in [0.15, 0.2) is 16.9 Å². The summed E-state index contributed by atoms with van der Waals surface area (Å²) >= 11 is 0. The second-order valence-corrected chi connectivity index (χ2v) is 7.31. The van der Waals surface area contributed by atoms with Crippen molar-refractivity contribution in [1.82, 2.24) is 9.46 Å². The van der Waals surface area contributed by atoms with Crippen LogP contribution in [0.1, 0.15) is 32.6 Å². The number of anilines is 1. The lowest BCUT2D eigenvalue weighted by atomic mass is 9.97. The first-order valence-electron chi connectivity index (χ1n) is 7.22. The standard InChI is InChI=1S/C13H21N3O4S/c1-2-3-10-21(18,19)16-7-4-11(5-8-16)13(17)14-12-6-9-20-15-12/h6,9,11H,2-5,7-8,10H2,1H3,(H,14,15,17). The lowest BCUT2D eigenvalue weighted by Gasteiger charge is -2.30. The van der Waals surface area contributed by atoms with Crippen LogP contribution >= 0.6 is 0 Å². The molecule has 2 rings (SSSR count). The normalized spacial score (nSPS) is 17.8. The van der Waals surface area contributed by atoms with Gasteiger partial charge in [0.15, 0.2) is 5.82 Å². The predicted molar refractivity (Wildman–Crippen MR) is 78.1 cm³/mol. The quantitative estimate of drug-likeness (QED) is 0.858. The van der Waals surface area contributed by atoms with E-state index in [1.54, 1.807) is 6.07 Å². The number of rotatable bonds is 6. The van der Waals surface area contributed by atoms with Crippen LogP contribution in [0.2, 0.25) is 0 Å². The van der Waals surface area contributed by atoms with Gasteiger partial charge in [0.25, 0.3) is 0 Å². The van der Waals surface area contributed by atoms with Crippen molar-refractivity contribution in [2.24, 2.45) is 5.92 Å². The second-order valence-electron chi connectivity index (χ2n) is 5.22. The Balaban J connectivity index is 1.84. The summed E-state index contributed by atoms with van der Waals surface area (Å²) in [4.78, 5) is 12.0. The number of nitrogens with zero attached hydrogens (tertiary/aromatic N) is 2. The molecule has 0 aliphatic carbocycles. The maximum atomic E-state index is 12.1. The third-order valence-corrected chi connectivity index (χ3v) is 5.62. The number of carbonyl (C=O) groups excluding carboxylic acids is 1. The van der Waals surface area contributed by atoms with E-state index in [0.29, 0.717) is 38.2 Å². The van der Waals surface area contributed by atoms with Crippen molar-refractivity contribution < 1.29 is 17.7 Å². The molecule has 1 fully saturated rings. The molecule has 7 nitrogen and oxygen atoms in total. The first-order valence-corrected chi connectivity index (χ1v) is 8.83. The van der Waals surface area contributed by atoms with E-state index in [9.17, 15) is 13.2 Å². The smallest absolute Gasteiger partial charge is 0.228 e. The van der Waals surface area contributed by atoms with Crippen molar-refractivity contribution in [3.8, 4) is 0 Å². The number of nitrogens with one attached hydrogen (secondary N) is 1. The third kappa shape index (κ3) is 4.28. The summed E-state index contributed by atoms with van der Waals surface area (Å²) in [6, 6.07) is 1.57. The summed E-state index contributed by atoms with van der Waals surface area (Å²) in [5, 5.41) is 6.29. The van der Waals surface area contributed by atoms with E-state index in [2.05, 4.69) is 15.0 Å². The highest BCUT2D eigenvalue weighted by Crippen LogP contribution is 2.21. The first kappa shape index (κ1) is 16.0. The average Bonchev–Trinajstić information content (AvgIpc) is 2.98. The molecule has 0 aromatic carbocycles. The Morgan fingerprint density at radius 3 is 2.76 bits per heavy atom. The van der Waals surface area contributed by atoms with E-state index in [1.165, 1.54) is 10.6 Å². The van der Waals surface area contributed by atoms with Crippen molar-refractivity contribution in [1.29, 1.82) is 0 Å². The van der Waals surface area contributed by atoms with Gasteiger partial charge in [-0.3, -0.25) is 4.79 Å². The molecular formula is C13H21N3O4S. The van der Waals surface area contributed by atoms with E-state index in [4.69, 9.17) is 0 Å². The van der Waals surface area contributed by atoms with Gasteiger partial charge in [-0.2, -0.15) is 0 Å². The Labute approximate surface area is 124 Å². The maximum absolute atomic E-state index is 12.1. The summed E-state index contributed by atoms with van der Waals surface area (Å²) in [6.45, 7) is 2.78. The van der Waals surface area contributed by atoms with Crippen LogP contribution in [-0.4, -0.2) is 42.6 Å². The zero-order valence-electron chi connectivity index (χ0n) is 12.1. The predicted octanol–water partition coefficient (Wildman–Crippen LogP) is 1.45. The van der Waals surface area contributed by atoms with Crippen molar-refractivity contribution in [2.75, 3.05) is 24.2 Å². The molecule has 0 spiro atoms. The van der Waals surface area contributed by atoms with Crippen molar-refractivity contribution >= 4 is 21.7 Å². The molecule has 1 amide bonds. The van der Waals surface area contributed by atoms with Gasteiger partial charge in [0.05, 0.1) is 5.75 Å². The molecule has 1 aromatic heterocycles. The number of sulfonamides is 1. The molecule has 8 heteroatoms. The number of unbranched alkanes of at least 4 members (excludes halogenated alkanes) is 1. The van der Waals surface area contributed by atoms with Gasteiger partial charge < -0.3 is 9.84 Å². The van der Waals surface area contributed by atoms with Crippen molar-refractivity contribution in [3.05, 3.63) is 12.3 Å². The summed E-state index contributed by atoms with van der Waals surface area (Å²) in [5.41, 5.74) is 0. The molecule has 0 bridgehead atoms. The monoisotopic (exact) mass is 315 g/mol. The molecule has 2 heterocycles. The molecule has 1 N–H and O–H groups in total. The Bertz CT molecular complexity index is 548. The third-order valence-electron chi connectivity index (χ3n) is 3.66. The molecule has 0 radical (unpaired) electrons. The minimum absolute atomic E-state index is 0.130. The largest absolute Gasteiger partial charge is 0.363 e. The zero-order valence-corrected chi connectivity index (χ0v) is 12.9. The number of carbonyl (C=O) groups is 1. The van der Waals surface area contributed by atoms with Crippen LogP contribution in [0.25, 0.3) is 0 Å². The van der Waals surface area contributed by atoms with Crippen LogP contribution in [-0.2, 0) is 14.8 Å². The van der Waals surface area contributed by atoms with E-state index in [0.717, 1.165) is 6.42 Å². The van der Waals surface area contributed by atoms with E-state index in [-0.39, 0.29) is 17.6 Å². The summed E-state index contributed by atoms with van der Waals surface area (Å²) in [6.07, 6.45) is 3.99. The lowest BCUT2D eigenvalue weighted by Crippen LogP contribution is -2.42. The van der Waals surface area contributed by atoms with Gasteiger partial charge in [-0.25, -0.2) is 12.7 Å². The number of hydrogen-bond donors (Lipinski definition) is 1. The van der Waals surface area contributed by atoms with Crippen molar-refractivity contribution in [2.45, 2.75) is 32.6 Å². The fourth-order valence-electron chi connectivity index (χ4n) is 2.36. The van der Waals surface area contributed by atoms with Crippen LogP contribution in [0.5, 0.6) is 0 Å². The molecule has 0 saturated carbocycles. The average molecular weight is 315 g/mol. The van der Waals surface area contributed by atoms with Gasteiger partial charge in [-0.15, -0.1) is 0 Å². The molecule has 1 aliphatic rings. The summed E-state index contributed by atoms with van der Waals surface area (Å²) < 4.78 is 30.3. The zero-order chi connectivity index (χ0) is 15.3. The highest BCUT2D eigenvalue weighted by atomic mass is 32.2. The molecule has 0 unspecified atom stereocenters. The van der Waals surface area contributed by atoms with Gasteiger partial charge in [0.2, 0.25) is 15.9 Å². The molecule has 21 heavy (non-hydrogen) atoms. The Hall–Kier alpha value is -1.41.